The van der Waals surface area contributed by atoms with Crippen LogP contribution in [0.15, 0.2) is 48.5 Å². The summed E-state index contributed by atoms with van der Waals surface area (Å²) in [6, 6.07) is 16.7. The molecule has 0 spiro atoms. The van der Waals surface area contributed by atoms with Gasteiger partial charge in [-0.3, -0.25) is 4.79 Å². The van der Waals surface area contributed by atoms with E-state index in [-0.39, 0.29) is 11.9 Å². The fraction of sp³-hybridized carbons (Fsp3) is 0.458. The lowest BCUT2D eigenvalue weighted by Crippen LogP contribution is -3.11. The summed E-state index contributed by atoms with van der Waals surface area (Å²) in [5, 5.41) is 0. The average molecular weight is 411 g/mol. The quantitative estimate of drug-likeness (QED) is 0.789. The minimum Gasteiger partial charge on any atom is -0.497 e. The lowest BCUT2D eigenvalue weighted by molar-refractivity contribution is -0.910. The highest BCUT2D eigenvalue weighted by molar-refractivity contribution is 5.77. The molecule has 1 N–H and O–H groups in total. The topological polar surface area (TPSA) is 46.5 Å². The summed E-state index contributed by atoms with van der Waals surface area (Å²) in [6.07, 6.45) is 2.18. The molecule has 6 heteroatoms. The first kappa shape index (κ1) is 20.5. The Labute approximate surface area is 179 Å². The van der Waals surface area contributed by atoms with E-state index in [1.807, 2.05) is 23.1 Å². The number of hydrogen-bond acceptors (Lipinski definition) is 4. The maximum atomic E-state index is 13.1. The van der Waals surface area contributed by atoms with Crippen molar-refractivity contribution in [2.24, 2.45) is 0 Å². The molecule has 2 aliphatic rings. The summed E-state index contributed by atoms with van der Waals surface area (Å²) < 4.78 is 11.0. The van der Waals surface area contributed by atoms with Crippen LogP contribution in [0.25, 0.3) is 0 Å². The number of anilines is 1. The Kier molecular flexibility index (Phi) is 6.43. The Morgan fingerprint density at radius 2 is 1.80 bits per heavy atom. The van der Waals surface area contributed by atoms with Gasteiger partial charge in [-0.2, -0.15) is 0 Å². The Morgan fingerprint density at radius 3 is 2.50 bits per heavy atom. The number of ether oxygens (including phenoxy) is 2. The lowest BCUT2D eigenvalue weighted by atomic mass is 10.0. The molecular formula is C24H32N3O3+. The van der Waals surface area contributed by atoms with Gasteiger partial charge in [0.05, 0.1) is 26.3 Å². The number of benzene rings is 2. The molecule has 2 atom stereocenters. The molecule has 4 rings (SSSR count). The number of nitrogens with one attached hydrogen (secondary N) is 1. The van der Waals surface area contributed by atoms with Crippen molar-refractivity contribution in [2.75, 3.05) is 58.4 Å². The Morgan fingerprint density at radius 1 is 1.03 bits per heavy atom. The Bertz CT molecular complexity index is 850. The van der Waals surface area contributed by atoms with E-state index < -0.39 is 0 Å². The number of rotatable bonds is 6. The summed E-state index contributed by atoms with van der Waals surface area (Å²) in [5.41, 5.74) is 2.38. The van der Waals surface area contributed by atoms with Crippen molar-refractivity contribution in [2.45, 2.75) is 18.9 Å². The maximum Gasteiger partial charge on any atom is 0.277 e. The molecule has 6 nitrogen and oxygen atoms in total. The highest BCUT2D eigenvalue weighted by Gasteiger charge is 2.35. The van der Waals surface area contributed by atoms with Gasteiger partial charge in [-0.05, 0) is 30.3 Å². The van der Waals surface area contributed by atoms with Crippen molar-refractivity contribution < 1.29 is 19.2 Å². The highest BCUT2D eigenvalue weighted by Crippen LogP contribution is 2.31. The van der Waals surface area contributed by atoms with Gasteiger partial charge in [-0.15, -0.1) is 0 Å². The molecule has 2 aromatic rings. The molecule has 2 aliphatic heterocycles. The number of amides is 1. The maximum absolute atomic E-state index is 13.1. The van der Waals surface area contributed by atoms with E-state index in [4.69, 9.17) is 9.47 Å². The number of carbonyl (C=O) groups excluding carboxylic acids is 1. The minimum absolute atomic E-state index is 0.256. The van der Waals surface area contributed by atoms with Crippen LogP contribution in [0.3, 0.4) is 0 Å². The van der Waals surface area contributed by atoms with E-state index in [1.54, 1.807) is 14.2 Å². The molecule has 30 heavy (non-hydrogen) atoms. The summed E-state index contributed by atoms with van der Waals surface area (Å²) in [5.74, 6) is 1.97. The van der Waals surface area contributed by atoms with Gasteiger partial charge in [0, 0.05) is 44.7 Å². The summed E-state index contributed by atoms with van der Waals surface area (Å²) in [7, 11) is 3.39. The van der Waals surface area contributed by atoms with Gasteiger partial charge in [0.2, 0.25) is 0 Å². The van der Waals surface area contributed by atoms with Crippen LogP contribution >= 0.6 is 0 Å². The number of quaternary nitrogens is 1. The average Bonchev–Trinajstić information content (AvgIpc) is 3.27. The zero-order valence-corrected chi connectivity index (χ0v) is 18.0. The molecule has 1 unspecified atom stereocenters. The van der Waals surface area contributed by atoms with Crippen LogP contribution in [0.4, 0.5) is 5.69 Å². The predicted molar refractivity (Wildman–Crippen MR) is 117 cm³/mol. The van der Waals surface area contributed by atoms with E-state index in [1.165, 1.54) is 10.6 Å². The standard InChI is InChI=1S/C24H31N3O3/c1-29-20-10-11-23(30-2)21(17-20)22-9-6-12-27(22)18-24(28)26-15-13-25(14-16-26)19-7-4-3-5-8-19/h3-5,7-8,10-11,17,22H,6,9,12-16,18H2,1-2H3/p+1/t22-/m0/s1. The number of piperazine rings is 1. The fourth-order valence-corrected chi connectivity index (χ4v) is 4.77. The van der Waals surface area contributed by atoms with Crippen molar-refractivity contribution in [1.29, 1.82) is 0 Å². The van der Waals surface area contributed by atoms with Gasteiger partial charge >= 0.3 is 0 Å². The molecule has 2 aromatic carbocycles. The van der Waals surface area contributed by atoms with Crippen molar-refractivity contribution in [3.8, 4) is 11.5 Å². The number of likely N-dealkylation sites (tertiary alicyclic amines) is 1. The lowest BCUT2D eigenvalue weighted by Gasteiger charge is -2.36. The summed E-state index contributed by atoms with van der Waals surface area (Å²) in [6.45, 7) is 4.90. The van der Waals surface area contributed by atoms with Gasteiger partial charge in [0.25, 0.3) is 5.91 Å². The second kappa shape index (κ2) is 9.39. The highest BCUT2D eigenvalue weighted by atomic mass is 16.5. The third-order valence-corrected chi connectivity index (χ3v) is 6.43. The molecule has 2 saturated heterocycles. The van der Waals surface area contributed by atoms with Gasteiger partial charge in [-0.25, -0.2) is 0 Å². The minimum atomic E-state index is 0.256. The van der Waals surface area contributed by atoms with Crippen LogP contribution in [-0.2, 0) is 4.79 Å². The zero-order valence-electron chi connectivity index (χ0n) is 18.0. The number of methoxy groups -OCH3 is 2. The van der Waals surface area contributed by atoms with Crippen LogP contribution in [0, 0.1) is 0 Å². The largest absolute Gasteiger partial charge is 0.497 e. The van der Waals surface area contributed by atoms with E-state index in [0.717, 1.165) is 62.6 Å². The van der Waals surface area contributed by atoms with E-state index >= 15 is 0 Å². The number of nitrogens with zero attached hydrogens (tertiary/aromatic N) is 2. The van der Waals surface area contributed by atoms with E-state index in [0.29, 0.717) is 6.54 Å². The molecule has 160 valence electrons. The van der Waals surface area contributed by atoms with Crippen molar-refractivity contribution in [3.05, 3.63) is 54.1 Å². The van der Waals surface area contributed by atoms with Crippen molar-refractivity contribution >= 4 is 11.6 Å². The number of carbonyl (C=O) groups is 1. The van der Waals surface area contributed by atoms with Crippen LogP contribution in [-0.4, -0.2) is 64.3 Å². The molecular weight excluding hydrogens is 378 g/mol. The summed E-state index contributed by atoms with van der Waals surface area (Å²) >= 11 is 0. The molecule has 1 amide bonds. The molecule has 0 radical (unpaired) electrons. The third-order valence-electron chi connectivity index (χ3n) is 6.43. The van der Waals surface area contributed by atoms with Crippen LogP contribution < -0.4 is 19.3 Å². The molecule has 0 aliphatic carbocycles. The normalized spacial score (nSPS) is 21.5. The van der Waals surface area contributed by atoms with Gasteiger partial charge in [-0.1, -0.05) is 18.2 Å². The first-order valence-electron chi connectivity index (χ1n) is 10.8. The fourth-order valence-electron chi connectivity index (χ4n) is 4.77. The Hall–Kier alpha value is -2.73. The predicted octanol–water partition coefficient (Wildman–Crippen LogP) is 1.77. The third kappa shape index (κ3) is 4.38. The number of para-hydroxylation sites is 1. The van der Waals surface area contributed by atoms with Gasteiger partial charge in [0.1, 0.15) is 17.5 Å². The first-order chi connectivity index (χ1) is 14.7. The smallest absolute Gasteiger partial charge is 0.277 e. The van der Waals surface area contributed by atoms with Crippen LogP contribution in [0.5, 0.6) is 11.5 Å². The second-order valence-corrected chi connectivity index (χ2v) is 8.09. The van der Waals surface area contributed by atoms with Gasteiger partial charge in [0.15, 0.2) is 6.54 Å². The molecule has 2 fully saturated rings. The zero-order chi connectivity index (χ0) is 20.9. The SMILES string of the molecule is COc1ccc(OC)c([C@@H]2CCC[NH+]2CC(=O)N2CCN(c3ccccc3)CC2)c1. The Balaban J connectivity index is 1.39. The van der Waals surface area contributed by atoms with E-state index in [2.05, 4.69) is 35.2 Å². The second-order valence-electron chi connectivity index (χ2n) is 8.09. The molecule has 0 bridgehead atoms. The summed E-state index contributed by atoms with van der Waals surface area (Å²) in [4.78, 5) is 18.8. The van der Waals surface area contributed by atoms with Crippen molar-refractivity contribution in [3.63, 3.8) is 0 Å². The number of hydrogen-bond donors (Lipinski definition) is 1. The molecule has 0 aromatic heterocycles. The monoisotopic (exact) mass is 410 g/mol. The van der Waals surface area contributed by atoms with Crippen LogP contribution in [0.1, 0.15) is 24.4 Å². The van der Waals surface area contributed by atoms with E-state index in [9.17, 15) is 4.79 Å². The first-order valence-corrected chi connectivity index (χ1v) is 10.8. The molecule has 2 heterocycles. The van der Waals surface area contributed by atoms with Gasteiger partial charge < -0.3 is 24.2 Å². The van der Waals surface area contributed by atoms with Crippen LogP contribution in [0.2, 0.25) is 0 Å². The van der Waals surface area contributed by atoms with Crippen molar-refractivity contribution in [1.82, 2.24) is 4.90 Å². The molecule has 0 saturated carbocycles.